The van der Waals surface area contributed by atoms with Gasteiger partial charge in [-0.25, -0.2) is 0 Å². The number of para-hydroxylation sites is 1. The van der Waals surface area contributed by atoms with Gasteiger partial charge in [0.25, 0.3) is 10.1 Å². The van der Waals surface area contributed by atoms with Crippen LogP contribution in [0.3, 0.4) is 0 Å². The molecule has 0 aliphatic carbocycles. The summed E-state index contributed by atoms with van der Waals surface area (Å²) < 4.78 is 32.6. The van der Waals surface area contributed by atoms with Gasteiger partial charge in [-0.2, -0.15) is 8.42 Å². The summed E-state index contributed by atoms with van der Waals surface area (Å²) in [4.78, 5) is -0.0981. The van der Waals surface area contributed by atoms with Crippen LogP contribution in [0.1, 0.15) is 0 Å². The second-order valence-corrected chi connectivity index (χ2v) is 6.02. The predicted molar refractivity (Wildman–Crippen MR) is 89.2 cm³/mol. The normalized spacial score (nSPS) is 11.0. The first-order valence-electron chi connectivity index (χ1n) is 6.37. The molecule has 3 aromatic rings. The van der Waals surface area contributed by atoms with E-state index in [1.165, 1.54) is 6.07 Å². The maximum absolute atomic E-state index is 11.6. The second-order valence-electron chi connectivity index (χ2n) is 4.63. The first kappa shape index (κ1) is 17.0. The van der Waals surface area contributed by atoms with Gasteiger partial charge in [0.15, 0.2) is 0 Å². The van der Waals surface area contributed by atoms with Crippen LogP contribution in [-0.2, 0) is 10.1 Å². The molecule has 0 bridgehead atoms. The molecule has 2 N–H and O–H groups in total. The van der Waals surface area contributed by atoms with E-state index in [1.807, 2.05) is 36.4 Å². The molecule has 3 rings (SSSR count). The average Bonchev–Trinajstić information content (AvgIpc) is 2.47. The Morgan fingerprint density at radius 2 is 1.45 bits per heavy atom. The van der Waals surface area contributed by atoms with Crippen molar-refractivity contribution < 1.29 is 13.0 Å². The fourth-order valence-corrected chi connectivity index (χ4v) is 3.04. The molecule has 0 unspecified atom stereocenters. The first-order valence-corrected chi connectivity index (χ1v) is 7.81. The number of hydrogen-bond donors (Lipinski definition) is 2. The summed E-state index contributed by atoms with van der Waals surface area (Å²) in [6, 6.07) is 19.7. The topological polar surface area (TPSA) is 66.4 Å². The van der Waals surface area contributed by atoms with Crippen LogP contribution in [-0.4, -0.2) is 42.5 Å². The third-order valence-electron chi connectivity index (χ3n) is 3.20. The zero-order chi connectivity index (χ0) is 14.9. The van der Waals surface area contributed by atoms with Gasteiger partial charge in [-0.1, -0.05) is 42.5 Å². The summed E-state index contributed by atoms with van der Waals surface area (Å²) in [7, 11) is -4.28. The molecule has 0 heterocycles. The van der Waals surface area contributed by atoms with Crippen LogP contribution in [0.15, 0.2) is 71.6 Å². The van der Waals surface area contributed by atoms with Crippen LogP contribution in [0.25, 0.3) is 10.8 Å². The number of benzene rings is 3. The van der Waals surface area contributed by atoms with Crippen molar-refractivity contribution in [1.29, 1.82) is 0 Å². The van der Waals surface area contributed by atoms with Gasteiger partial charge in [0.05, 0.1) is 0 Å². The van der Waals surface area contributed by atoms with Crippen molar-refractivity contribution in [3.05, 3.63) is 66.7 Å². The van der Waals surface area contributed by atoms with Crippen molar-refractivity contribution in [1.82, 2.24) is 0 Å². The molecular weight excluding hydrogens is 309 g/mol. The van der Waals surface area contributed by atoms with Crippen molar-refractivity contribution >= 4 is 61.8 Å². The molecule has 0 spiro atoms. The van der Waals surface area contributed by atoms with Crippen molar-refractivity contribution in [3.63, 3.8) is 0 Å². The van der Waals surface area contributed by atoms with E-state index in [1.54, 1.807) is 24.3 Å². The summed E-state index contributed by atoms with van der Waals surface area (Å²) in [6.45, 7) is 0. The predicted octanol–water partition coefficient (Wildman–Crippen LogP) is 3.45. The molecular formula is C16H13NNaO3S. The zero-order valence-electron chi connectivity index (χ0n) is 12.0. The van der Waals surface area contributed by atoms with Crippen molar-refractivity contribution in [2.24, 2.45) is 0 Å². The number of rotatable bonds is 3. The van der Waals surface area contributed by atoms with Crippen molar-refractivity contribution in [3.8, 4) is 0 Å². The number of fused-ring (bicyclic) bond motifs is 1. The van der Waals surface area contributed by atoms with E-state index in [-0.39, 0.29) is 34.5 Å². The molecule has 22 heavy (non-hydrogen) atoms. The van der Waals surface area contributed by atoms with E-state index in [0.717, 1.165) is 11.1 Å². The third kappa shape index (κ3) is 3.51. The Kier molecular flexibility index (Phi) is 5.26. The SMILES string of the molecule is O=S(=O)(O)c1cccc2cccc(Nc3ccccc3)c12.[Na]. The largest absolute Gasteiger partial charge is 0.355 e. The molecule has 1 radical (unpaired) electrons. The minimum atomic E-state index is -4.28. The number of anilines is 2. The van der Waals surface area contributed by atoms with E-state index < -0.39 is 10.1 Å². The minimum absolute atomic E-state index is 0. The number of nitrogens with one attached hydrogen (secondary N) is 1. The van der Waals surface area contributed by atoms with Gasteiger partial charge < -0.3 is 5.32 Å². The average molecular weight is 322 g/mol. The van der Waals surface area contributed by atoms with Gasteiger partial charge >= 0.3 is 0 Å². The molecule has 0 atom stereocenters. The molecule has 0 amide bonds. The van der Waals surface area contributed by atoms with Crippen molar-refractivity contribution in [2.75, 3.05) is 5.32 Å². The molecule has 6 heteroatoms. The summed E-state index contributed by atoms with van der Waals surface area (Å²) in [6.07, 6.45) is 0. The van der Waals surface area contributed by atoms with E-state index in [0.29, 0.717) is 11.1 Å². The van der Waals surface area contributed by atoms with Crippen LogP contribution in [0.2, 0.25) is 0 Å². The quantitative estimate of drug-likeness (QED) is 0.572. The van der Waals surface area contributed by atoms with Crippen LogP contribution in [0.5, 0.6) is 0 Å². The van der Waals surface area contributed by atoms with E-state index in [9.17, 15) is 13.0 Å². The van der Waals surface area contributed by atoms with Crippen LogP contribution in [0, 0.1) is 0 Å². The molecule has 0 aliphatic rings. The molecule has 107 valence electrons. The molecule has 0 aromatic heterocycles. The minimum Gasteiger partial charge on any atom is -0.355 e. The van der Waals surface area contributed by atoms with Crippen molar-refractivity contribution in [2.45, 2.75) is 4.90 Å². The third-order valence-corrected chi connectivity index (χ3v) is 4.09. The zero-order valence-corrected chi connectivity index (χ0v) is 14.8. The molecule has 0 fully saturated rings. The first-order chi connectivity index (χ1) is 10.1. The van der Waals surface area contributed by atoms with Crippen LogP contribution < -0.4 is 5.32 Å². The Morgan fingerprint density at radius 1 is 0.818 bits per heavy atom. The summed E-state index contributed by atoms with van der Waals surface area (Å²) >= 11 is 0. The summed E-state index contributed by atoms with van der Waals surface area (Å²) in [5, 5.41) is 4.40. The van der Waals surface area contributed by atoms with Crippen LogP contribution in [0.4, 0.5) is 11.4 Å². The molecule has 0 aliphatic heterocycles. The maximum atomic E-state index is 11.6. The fraction of sp³-hybridized carbons (Fsp3) is 0. The van der Waals surface area contributed by atoms with E-state index in [2.05, 4.69) is 5.32 Å². The van der Waals surface area contributed by atoms with Gasteiger partial charge in [0.2, 0.25) is 0 Å². The number of hydrogen-bond acceptors (Lipinski definition) is 3. The summed E-state index contributed by atoms with van der Waals surface area (Å²) in [5.74, 6) is 0. The molecule has 0 saturated carbocycles. The van der Waals surface area contributed by atoms with E-state index >= 15 is 0 Å². The Bertz CT molecular complexity index is 890. The smallest absolute Gasteiger partial charge is 0.295 e. The Hall–Kier alpha value is -1.37. The Balaban J connectivity index is 0.00000176. The van der Waals surface area contributed by atoms with Gasteiger partial charge in [-0.15, -0.1) is 0 Å². The maximum Gasteiger partial charge on any atom is 0.295 e. The second kappa shape index (κ2) is 6.81. The monoisotopic (exact) mass is 322 g/mol. The molecule has 4 nitrogen and oxygen atoms in total. The van der Waals surface area contributed by atoms with Gasteiger partial charge in [0.1, 0.15) is 4.90 Å². The van der Waals surface area contributed by atoms with Crippen LogP contribution >= 0.6 is 0 Å². The molecule has 3 aromatic carbocycles. The van der Waals surface area contributed by atoms with Gasteiger partial charge in [0, 0.05) is 46.3 Å². The standard InChI is InChI=1S/C16H13NO3S.Na/c18-21(19,20)15-11-5-7-12-6-4-10-14(16(12)15)17-13-8-2-1-3-9-13;/h1-11,17H,(H,18,19,20);. The van der Waals surface area contributed by atoms with E-state index in [4.69, 9.17) is 0 Å². The fourth-order valence-electron chi connectivity index (χ4n) is 2.30. The molecule has 0 saturated heterocycles. The Labute approximate surface area is 151 Å². The van der Waals surface area contributed by atoms with Gasteiger partial charge in [-0.05, 0) is 29.7 Å². The summed E-state index contributed by atoms with van der Waals surface area (Å²) in [5.41, 5.74) is 1.47. The Morgan fingerprint density at radius 3 is 2.09 bits per heavy atom. The van der Waals surface area contributed by atoms with Gasteiger partial charge in [-0.3, -0.25) is 4.55 Å².